The van der Waals surface area contributed by atoms with E-state index in [4.69, 9.17) is 11.6 Å². The SMILES string of the molecule is Cc1cc2[nH]c(=O)[nH]c2c(NCC(O)CCl)c1C. The third-order valence-corrected chi connectivity index (χ3v) is 3.38. The quantitative estimate of drug-likeness (QED) is 0.635. The van der Waals surface area contributed by atoms with Gasteiger partial charge in [0, 0.05) is 6.54 Å². The van der Waals surface area contributed by atoms with Gasteiger partial charge in [-0.05, 0) is 31.0 Å². The number of rotatable bonds is 4. The van der Waals surface area contributed by atoms with Gasteiger partial charge in [0.25, 0.3) is 0 Å². The summed E-state index contributed by atoms with van der Waals surface area (Å²) in [5.41, 5.74) is 4.18. The molecule has 1 heterocycles. The fourth-order valence-corrected chi connectivity index (χ4v) is 2.02. The number of benzene rings is 1. The molecule has 0 radical (unpaired) electrons. The number of aryl methyl sites for hydroxylation is 1. The number of anilines is 1. The molecule has 1 aromatic carbocycles. The Balaban J connectivity index is 2.46. The van der Waals surface area contributed by atoms with Gasteiger partial charge in [0.2, 0.25) is 0 Å². The van der Waals surface area contributed by atoms with Crippen LogP contribution in [0.15, 0.2) is 10.9 Å². The lowest BCUT2D eigenvalue weighted by molar-refractivity contribution is 0.211. The third-order valence-electron chi connectivity index (χ3n) is 3.03. The lowest BCUT2D eigenvalue weighted by atomic mass is 10.1. The van der Waals surface area contributed by atoms with Crippen LogP contribution in [0.2, 0.25) is 0 Å². The molecular weight excluding hydrogens is 254 g/mol. The number of halogens is 1. The molecule has 0 fully saturated rings. The van der Waals surface area contributed by atoms with Crippen molar-refractivity contribution >= 4 is 28.3 Å². The van der Waals surface area contributed by atoms with Gasteiger partial charge in [-0.25, -0.2) is 4.79 Å². The van der Waals surface area contributed by atoms with Gasteiger partial charge in [-0.2, -0.15) is 0 Å². The van der Waals surface area contributed by atoms with Crippen LogP contribution in [0, 0.1) is 13.8 Å². The first kappa shape index (κ1) is 13.0. The zero-order valence-electron chi connectivity index (χ0n) is 10.3. The Morgan fingerprint density at radius 2 is 2.17 bits per heavy atom. The molecular formula is C12H16ClN3O2. The molecule has 1 aromatic heterocycles. The number of aromatic amines is 2. The summed E-state index contributed by atoms with van der Waals surface area (Å²) in [7, 11) is 0. The van der Waals surface area contributed by atoms with E-state index < -0.39 is 6.10 Å². The molecule has 2 rings (SSSR count). The molecule has 1 unspecified atom stereocenters. The van der Waals surface area contributed by atoms with E-state index in [1.54, 1.807) is 0 Å². The van der Waals surface area contributed by atoms with E-state index in [1.165, 1.54) is 0 Å². The molecule has 2 aromatic rings. The van der Waals surface area contributed by atoms with E-state index in [1.807, 2.05) is 19.9 Å². The highest BCUT2D eigenvalue weighted by Gasteiger charge is 2.11. The second-order valence-corrected chi connectivity index (χ2v) is 4.69. The second kappa shape index (κ2) is 5.04. The maximum atomic E-state index is 11.3. The number of nitrogens with one attached hydrogen (secondary N) is 3. The highest BCUT2D eigenvalue weighted by atomic mass is 35.5. The van der Waals surface area contributed by atoms with E-state index in [0.29, 0.717) is 6.54 Å². The van der Waals surface area contributed by atoms with Crippen LogP contribution in [0.5, 0.6) is 0 Å². The number of aromatic nitrogens is 2. The minimum atomic E-state index is -0.618. The number of alkyl halides is 1. The molecule has 4 N–H and O–H groups in total. The highest BCUT2D eigenvalue weighted by molar-refractivity contribution is 6.18. The summed E-state index contributed by atoms with van der Waals surface area (Å²) in [6.07, 6.45) is -0.618. The molecule has 0 aliphatic heterocycles. The van der Waals surface area contributed by atoms with Gasteiger partial charge in [-0.1, -0.05) is 0 Å². The van der Waals surface area contributed by atoms with E-state index in [-0.39, 0.29) is 11.6 Å². The zero-order valence-corrected chi connectivity index (χ0v) is 11.1. The van der Waals surface area contributed by atoms with Crippen LogP contribution < -0.4 is 11.0 Å². The largest absolute Gasteiger partial charge is 0.390 e. The number of fused-ring (bicyclic) bond motifs is 1. The first-order valence-corrected chi connectivity index (χ1v) is 6.26. The fourth-order valence-electron chi connectivity index (χ4n) is 1.91. The average Bonchev–Trinajstić information content (AvgIpc) is 2.69. The van der Waals surface area contributed by atoms with Gasteiger partial charge in [-0.15, -0.1) is 11.6 Å². The van der Waals surface area contributed by atoms with Crippen molar-refractivity contribution in [2.45, 2.75) is 20.0 Å². The Morgan fingerprint density at radius 3 is 2.83 bits per heavy atom. The molecule has 0 aliphatic carbocycles. The molecule has 0 spiro atoms. The van der Waals surface area contributed by atoms with Crippen molar-refractivity contribution in [3.05, 3.63) is 27.7 Å². The molecule has 98 valence electrons. The molecule has 0 aliphatic rings. The predicted octanol–water partition coefficient (Wildman–Crippen LogP) is 1.48. The minimum Gasteiger partial charge on any atom is -0.390 e. The smallest absolute Gasteiger partial charge is 0.323 e. The molecule has 0 saturated heterocycles. The fraction of sp³-hybridized carbons (Fsp3) is 0.417. The second-order valence-electron chi connectivity index (χ2n) is 4.38. The van der Waals surface area contributed by atoms with Crippen LogP contribution in [0.1, 0.15) is 11.1 Å². The average molecular weight is 270 g/mol. The monoisotopic (exact) mass is 269 g/mol. The summed E-state index contributed by atoms with van der Waals surface area (Å²) in [5.74, 6) is 0.171. The maximum Gasteiger partial charge on any atom is 0.323 e. The minimum absolute atomic E-state index is 0.171. The Bertz CT molecular complexity index is 618. The number of imidazole rings is 1. The van der Waals surface area contributed by atoms with Crippen molar-refractivity contribution in [2.75, 3.05) is 17.7 Å². The van der Waals surface area contributed by atoms with Gasteiger partial charge in [0.05, 0.1) is 28.7 Å². The van der Waals surface area contributed by atoms with Crippen LogP contribution in [0.4, 0.5) is 5.69 Å². The van der Waals surface area contributed by atoms with Gasteiger partial charge in [-0.3, -0.25) is 0 Å². The Morgan fingerprint density at radius 1 is 1.44 bits per heavy atom. The summed E-state index contributed by atoms with van der Waals surface area (Å²) >= 11 is 5.56. The number of aliphatic hydroxyl groups excluding tert-OH is 1. The van der Waals surface area contributed by atoms with Crippen LogP contribution in [-0.2, 0) is 0 Å². The summed E-state index contributed by atoms with van der Waals surface area (Å²) in [5, 5.41) is 12.6. The topological polar surface area (TPSA) is 80.9 Å². The van der Waals surface area contributed by atoms with Crippen LogP contribution in [0.3, 0.4) is 0 Å². The van der Waals surface area contributed by atoms with Crippen molar-refractivity contribution < 1.29 is 5.11 Å². The van der Waals surface area contributed by atoms with E-state index in [9.17, 15) is 9.90 Å². The predicted molar refractivity (Wildman–Crippen MR) is 73.6 cm³/mol. The van der Waals surface area contributed by atoms with Crippen molar-refractivity contribution in [2.24, 2.45) is 0 Å². The van der Waals surface area contributed by atoms with Crippen molar-refractivity contribution in [1.82, 2.24) is 9.97 Å². The zero-order chi connectivity index (χ0) is 13.3. The Labute approximate surface area is 109 Å². The van der Waals surface area contributed by atoms with E-state index in [0.717, 1.165) is 27.8 Å². The van der Waals surface area contributed by atoms with Crippen LogP contribution in [0.25, 0.3) is 11.0 Å². The molecule has 0 bridgehead atoms. The number of aliphatic hydroxyl groups is 1. The number of hydrogen-bond donors (Lipinski definition) is 4. The summed E-state index contributed by atoms with van der Waals surface area (Å²) in [4.78, 5) is 16.8. The van der Waals surface area contributed by atoms with E-state index >= 15 is 0 Å². The third kappa shape index (κ3) is 2.37. The first-order valence-electron chi connectivity index (χ1n) is 5.73. The molecule has 6 heteroatoms. The van der Waals surface area contributed by atoms with Gasteiger partial charge in [0.1, 0.15) is 0 Å². The van der Waals surface area contributed by atoms with Crippen LogP contribution >= 0.6 is 11.6 Å². The Kier molecular flexibility index (Phi) is 3.63. The Hall–Kier alpha value is -1.46. The van der Waals surface area contributed by atoms with Crippen LogP contribution in [-0.4, -0.2) is 33.6 Å². The van der Waals surface area contributed by atoms with E-state index in [2.05, 4.69) is 15.3 Å². The number of hydrogen-bond acceptors (Lipinski definition) is 3. The van der Waals surface area contributed by atoms with Gasteiger partial charge < -0.3 is 20.4 Å². The summed E-state index contributed by atoms with van der Waals surface area (Å²) in [6, 6.07) is 1.92. The lowest BCUT2D eigenvalue weighted by Gasteiger charge is -2.14. The maximum absolute atomic E-state index is 11.3. The van der Waals surface area contributed by atoms with Crippen molar-refractivity contribution in [1.29, 1.82) is 0 Å². The normalized spacial score (nSPS) is 12.9. The van der Waals surface area contributed by atoms with Crippen molar-refractivity contribution in [3.63, 3.8) is 0 Å². The lowest BCUT2D eigenvalue weighted by Crippen LogP contribution is -2.21. The standard InChI is InChI=1S/C12H16ClN3O2/c1-6-3-9-11(16-12(18)15-9)10(7(6)2)14-5-8(17)4-13/h3,8,14,17H,4-5H2,1-2H3,(H2,15,16,18). The van der Waals surface area contributed by atoms with Gasteiger partial charge in [0.15, 0.2) is 0 Å². The highest BCUT2D eigenvalue weighted by Crippen LogP contribution is 2.26. The molecule has 0 amide bonds. The first-order chi connectivity index (χ1) is 8.52. The summed E-state index contributed by atoms with van der Waals surface area (Å²) < 4.78 is 0. The molecule has 1 atom stereocenters. The summed E-state index contributed by atoms with van der Waals surface area (Å²) in [6.45, 7) is 4.29. The number of H-pyrrole nitrogens is 2. The van der Waals surface area contributed by atoms with Crippen molar-refractivity contribution in [3.8, 4) is 0 Å². The van der Waals surface area contributed by atoms with Gasteiger partial charge >= 0.3 is 5.69 Å². The molecule has 0 saturated carbocycles. The molecule has 5 nitrogen and oxygen atoms in total. The molecule has 18 heavy (non-hydrogen) atoms.